The van der Waals surface area contributed by atoms with E-state index in [0.29, 0.717) is 0 Å². The first-order valence-electron chi connectivity index (χ1n) is 4.59. The number of nitrogens with zero attached hydrogens (tertiary/aromatic N) is 1. The molecule has 0 unspecified atom stereocenters. The molecule has 0 atom stereocenters. The summed E-state index contributed by atoms with van der Waals surface area (Å²) in [6.45, 7) is 4.37. The summed E-state index contributed by atoms with van der Waals surface area (Å²) in [6, 6.07) is 0. The maximum absolute atomic E-state index is 11.0. The lowest BCUT2D eigenvalue weighted by Gasteiger charge is -2.25. The Morgan fingerprint density at radius 1 is 1.31 bits per heavy atom. The topological polar surface area (TPSA) is 29.5 Å². The Labute approximate surface area is 87.7 Å². The number of ether oxygens (including phenoxy) is 1. The summed E-state index contributed by atoms with van der Waals surface area (Å²) in [7, 11) is -0.565. The Morgan fingerprint density at radius 3 is 2.62 bits per heavy atom. The van der Waals surface area contributed by atoms with E-state index in [0.717, 1.165) is 50.1 Å². The van der Waals surface area contributed by atoms with E-state index in [1.54, 1.807) is 0 Å². The largest absolute Gasteiger partial charge is 0.379 e. The van der Waals surface area contributed by atoms with Crippen molar-refractivity contribution in [2.24, 2.45) is 0 Å². The smallest absolute Gasteiger partial charge is 0.0593 e. The highest BCUT2D eigenvalue weighted by molar-refractivity contribution is 7.85. The molecular formula is C8H17NO2S2. The van der Waals surface area contributed by atoms with Crippen molar-refractivity contribution in [3.05, 3.63) is 0 Å². The molecule has 5 heteroatoms. The van der Waals surface area contributed by atoms with E-state index in [4.69, 9.17) is 4.74 Å². The molecule has 0 spiro atoms. The molecule has 1 aliphatic heterocycles. The Bertz CT molecular complexity index is 156. The van der Waals surface area contributed by atoms with Crippen LogP contribution in [0.15, 0.2) is 0 Å². The summed E-state index contributed by atoms with van der Waals surface area (Å²) in [6.07, 6.45) is 0. The van der Waals surface area contributed by atoms with Gasteiger partial charge in [-0.25, -0.2) is 0 Å². The average Bonchev–Trinajstić information content (AvgIpc) is 2.15. The molecule has 0 aromatic heterocycles. The van der Waals surface area contributed by atoms with Crippen molar-refractivity contribution in [1.29, 1.82) is 0 Å². The van der Waals surface area contributed by atoms with E-state index < -0.39 is 10.8 Å². The van der Waals surface area contributed by atoms with E-state index in [1.807, 2.05) is 0 Å². The number of thiol groups is 1. The third-order valence-electron chi connectivity index (χ3n) is 2.06. The predicted molar refractivity (Wildman–Crippen MR) is 59.0 cm³/mol. The van der Waals surface area contributed by atoms with E-state index in [1.165, 1.54) is 0 Å². The van der Waals surface area contributed by atoms with Crippen molar-refractivity contribution in [1.82, 2.24) is 4.90 Å². The normalized spacial score (nSPS) is 20.7. The van der Waals surface area contributed by atoms with Gasteiger partial charge in [-0.3, -0.25) is 9.11 Å². The zero-order chi connectivity index (χ0) is 9.52. The fourth-order valence-corrected chi connectivity index (χ4v) is 2.52. The molecule has 0 N–H and O–H groups in total. The van der Waals surface area contributed by atoms with Gasteiger partial charge in [0.1, 0.15) is 0 Å². The lowest BCUT2D eigenvalue weighted by Crippen LogP contribution is -2.39. The van der Waals surface area contributed by atoms with Gasteiger partial charge in [-0.1, -0.05) is 0 Å². The summed E-state index contributed by atoms with van der Waals surface area (Å²) >= 11 is 4.05. The zero-order valence-electron chi connectivity index (χ0n) is 7.78. The Kier molecular flexibility index (Phi) is 6.02. The molecule has 0 amide bonds. The molecule has 0 radical (unpaired) electrons. The molecule has 0 aromatic rings. The van der Waals surface area contributed by atoms with Gasteiger partial charge in [0.2, 0.25) is 0 Å². The summed E-state index contributed by atoms with van der Waals surface area (Å²) < 4.78 is 16.3. The van der Waals surface area contributed by atoms with Crippen LogP contribution in [0.1, 0.15) is 0 Å². The van der Waals surface area contributed by atoms with E-state index in [9.17, 15) is 4.21 Å². The van der Waals surface area contributed by atoms with Crippen LogP contribution in [0, 0.1) is 0 Å². The zero-order valence-corrected chi connectivity index (χ0v) is 9.49. The van der Waals surface area contributed by atoms with Crippen LogP contribution >= 0.6 is 12.6 Å². The van der Waals surface area contributed by atoms with E-state index in [2.05, 4.69) is 17.5 Å². The third-order valence-corrected chi connectivity index (χ3v) is 3.52. The van der Waals surface area contributed by atoms with Gasteiger partial charge in [0.05, 0.1) is 13.2 Å². The summed E-state index contributed by atoms with van der Waals surface area (Å²) in [5, 5.41) is 0. The molecule has 0 aliphatic carbocycles. The molecule has 0 aromatic carbocycles. The third kappa shape index (κ3) is 5.00. The highest BCUT2D eigenvalue weighted by Crippen LogP contribution is 1.99. The second kappa shape index (κ2) is 6.81. The second-order valence-electron chi connectivity index (χ2n) is 3.03. The molecule has 1 aliphatic rings. The van der Waals surface area contributed by atoms with Crippen LogP contribution in [0.4, 0.5) is 0 Å². The van der Waals surface area contributed by atoms with Gasteiger partial charge < -0.3 is 4.74 Å². The van der Waals surface area contributed by atoms with Crippen LogP contribution in [0.2, 0.25) is 0 Å². The Hall–Kier alpha value is 0.420. The second-order valence-corrected chi connectivity index (χ2v) is 5.17. The summed E-state index contributed by atoms with van der Waals surface area (Å²) in [4.78, 5) is 2.31. The van der Waals surface area contributed by atoms with Crippen LogP contribution in [-0.4, -0.2) is 59.2 Å². The van der Waals surface area contributed by atoms with Crippen LogP contribution in [0.5, 0.6) is 0 Å². The van der Waals surface area contributed by atoms with Crippen molar-refractivity contribution in [3.8, 4) is 0 Å². The standard InChI is InChI=1S/C8H17NO2S2/c10-13-7-2-9(3-8-13)1-4-11-5-6-12/h12H,1-8H2. The van der Waals surface area contributed by atoms with Crippen molar-refractivity contribution in [2.75, 3.05) is 50.1 Å². The molecule has 3 nitrogen and oxygen atoms in total. The fourth-order valence-electron chi connectivity index (χ4n) is 1.26. The first-order valence-corrected chi connectivity index (χ1v) is 6.71. The van der Waals surface area contributed by atoms with Crippen molar-refractivity contribution in [3.63, 3.8) is 0 Å². The predicted octanol–water partition coefficient (Wildman–Crippen LogP) is -0.00290. The SMILES string of the molecule is O=S1CCN(CCOCCS)CC1. The van der Waals surface area contributed by atoms with Gasteiger partial charge in [-0.2, -0.15) is 12.6 Å². The fraction of sp³-hybridized carbons (Fsp3) is 1.00. The van der Waals surface area contributed by atoms with Gasteiger partial charge in [0, 0.05) is 47.7 Å². The lowest BCUT2D eigenvalue weighted by atomic mass is 10.5. The molecule has 1 fully saturated rings. The molecule has 13 heavy (non-hydrogen) atoms. The molecular weight excluding hydrogens is 206 g/mol. The monoisotopic (exact) mass is 223 g/mol. The molecule has 1 saturated heterocycles. The Balaban J connectivity index is 1.99. The van der Waals surface area contributed by atoms with Gasteiger partial charge >= 0.3 is 0 Å². The van der Waals surface area contributed by atoms with Gasteiger partial charge in [0.15, 0.2) is 0 Å². The first-order chi connectivity index (χ1) is 6.33. The summed E-state index contributed by atoms with van der Waals surface area (Å²) in [5.41, 5.74) is 0. The minimum absolute atomic E-state index is 0.565. The number of hydrogen-bond acceptors (Lipinski definition) is 4. The summed E-state index contributed by atoms with van der Waals surface area (Å²) in [5.74, 6) is 2.43. The number of rotatable bonds is 5. The van der Waals surface area contributed by atoms with Crippen molar-refractivity contribution in [2.45, 2.75) is 0 Å². The molecule has 0 bridgehead atoms. The molecule has 0 saturated carbocycles. The van der Waals surface area contributed by atoms with Crippen LogP contribution in [0.3, 0.4) is 0 Å². The maximum atomic E-state index is 11.0. The van der Waals surface area contributed by atoms with Crippen molar-refractivity contribution < 1.29 is 8.95 Å². The minimum atomic E-state index is -0.565. The molecule has 78 valence electrons. The van der Waals surface area contributed by atoms with Crippen molar-refractivity contribution >= 4 is 23.4 Å². The average molecular weight is 223 g/mol. The lowest BCUT2D eigenvalue weighted by molar-refractivity contribution is 0.119. The number of hydrogen-bond donors (Lipinski definition) is 1. The Morgan fingerprint density at radius 2 is 2.00 bits per heavy atom. The molecule has 1 rings (SSSR count). The minimum Gasteiger partial charge on any atom is -0.379 e. The van der Waals surface area contributed by atoms with Crippen LogP contribution in [-0.2, 0) is 15.5 Å². The van der Waals surface area contributed by atoms with Gasteiger partial charge in [0.25, 0.3) is 0 Å². The first kappa shape index (κ1) is 11.5. The van der Waals surface area contributed by atoms with Gasteiger partial charge in [-0.15, -0.1) is 0 Å². The quantitative estimate of drug-likeness (QED) is 0.525. The van der Waals surface area contributed by atoms with Gasteiger partial charge in [-0.05, 0) is 0 Å². The van der Waals surface area contributed by atoms with Crippen LogP contribution < -0.4 is 0 Å². The maximum Gasteiger partial charge on any atom is 0.0593 e. The highest BCUT2D eigenvalue weighted by atomic mass is 32.2. The molecule has 1 heterocycles. The highest BCUT2D eigenvalue weighted by Gasteiger charge is 2.13. The van der Waals surface area contributed by atoms with E-state index in [-0.39, 0.29) is 0 Å². The van der Waals surface area contributed by atoms with E-state index >= 15 is 0 Å². The van der Waals surface area contributed by atoms with Crippen LogP contribution in [0.25, 0.3) is 0 Å².